The summed E-state index contributed by atoms with van der Waals surface area (Å²) in [6.07, 6.45) is 0. The summed E-state index contributed by atoms with van der Waals surface area (Å²) in [5.41, 5.74) is 4.52. The first-order valence-corrected chi connectivity index (χ1v) is 5.39. The topological polar surface area (TPSA) is 31.9 Å². The number of aryl methyl sites for hydroxylation is 2. The van der Waals surface area contributed by atoms with Crippen LogP contribution in [0.4, 0.5) is 5.69 Å². The lowest BCUT2D eigenvalue weighted by Gasteiger charge is -2.12. The third kappa shape index (κ3) is 1.94. The Hall–Kier alpha value is -1.77. The summed E-state index contributed by atoms with van der Waals surface area (Å²) < 4.78 is 0. The Morgan fingerprint density at radius 3 is 2.12 bits per heavy atom. The Kier molecular flexibility index (Phi) is 2.69. The maximum absolute atomic E-state index is 4.49. The van der Waals surface area contributed by atoms with Crippen LogP contribution >= 0.6 is 0 Å². The molecule has 0 aliphatic carbocycles. The van der Waals surface area contributed by atoms with Crippen molar-refractivity contribution in [2.24, 2.45) is 0 Å². The summed E-state index contributed by atoms with van der Waals surface area (Å²) in [5, 5.41) is 0. The van der Waals surface area contributed by atoms with Crippen LogP contribution in [0, 0.1) is 13.8 Å². The van der Waals surface area contributed by atoms with E-state index in [0.717, 1.165) is 22.8 Å². The van der Waals surface area contributed by atoms with E-state index in [1.54, 1.807) is 0 Å². The Bertz CT molecular complexity index is 461. The van der Waals surface area contributed by atoms with Crippen LogP contribution < -0.4 is 4.90 Å². The van der Waals surface area contributed by atoms with Gasteiger partial charge in [-0.25, -0.2) is 4.98 Å². The minimum atomic E-state index is 0.945. The molecule has 0 amide bonds. The Balaban J connectivity index is 2.34. The number of anilines is 1. The van der Waals surface area contributed by atoms with Crippen molar-refractivity contribution < 1.29 is 0 Å². The maximum Gasteiger partial charge on any atom is 0.137 e. The van der Waals surface area contributed by atoms with Crippen LogP contribution in [0.25, 0.3) is 11.4 Å². The lowest BCUT2D eigenvalue weighted by Crippen LogP contribution is -2.07. The van der Waals surface area contributed by atoms with Crippen molar-refractivity contribution in [2.75, 3.05) is 19.0 Å². The summed E-state index contributed by atoms with van der Waals surface area (Å²) in [7, 11) is 4.08. The Labute approximate surface area is 96.1 Å². The molecule has 2 aromatic rings. The molecule has 0 aliphatic heterocycles. The van der Waals surface area contributed by atoms with E-state index in [0.29, 0.717) is 0 Å². The average Bonchev–Trinajstić information content (AvgIpc) is 2.59. The summed E-state index contributed by atoms with van der Waals surface area (Å²) in [6, 6.07) is 8.38. The van der Waals surface area contributed by atoms with Crippen LogP contribution in [0.1, 0.15) is 11.4 Å². The van der Waals surface area contributed by atoms with Crippen LogP contribution in [0.2, 0.25) is 0 Å². The van der Waals surface area contributed by atoms with Gasteiger partial charge in [0.05, 0.1) is 5.69 Å². The average molecular weight is 215 g/mol. The number of rotatable bonds is 2. The van der Waals surface area contributed by atoms with Gasteiger partial charge in [-0.3, -0.25) is 0 Å². The summed E-state index contributed by atoms with van der Waals surface area (Å²) in [4.78, 5) is 9.86. The predicted molar refractivity (Wildman–Crippen MR) is 67.8 cm³/mol. The van der Waals surface area contributed by atoms with Crippen molar-refractivity contribution in [3.63, 3.8) is 0 Å². The van der Waals surface area contributed by atoms with Gasteiger partial charge in [-0.2, -0.15) is 0 Å². The molecule has 0 aliphatic rings. The van der Waals surface area contributed by atoms with Gasteiger partial charge in [0.2, 0.25) is 0 Å². The Morgan fingerprint density at radius 2 is 1.69 bits per heavy atom. The monoisotopic (exact) mass is 215 g/mol. The standard InChI is InChI=1S/C13H17N3/c1-9-10(2)15-13(14-9)11-5-7-12(8-6-11)16(3)4/h5-8H,1-4H3,(H,14,15). The minimum Gasteiger partial charge on any atom is -0.378 e. The number of aromatic amines is 1. The number of aromatic nitrogens is 2. The zero-order valence-corrected chi connectivity index (χ0v) is 10.2. The van der Waals surface area contributed by atoms with Gasteiger partial charge in [-0.1, -0.05) is 0 Å². The molecule has 0 unspecified atom stereocenters. The molecule has 3 heteroatoms. The van der Waals surface area contributed by atoms with Gasteiger partial charge in [0.1, 0.15) is 5.82 Å². The number of imidazole rings is 1. The molecule has 1 heterocycles. The van der Waals surface area contributed by atoms with E-state index in [1.807, 2.05) is 27.9 Å². The van der Waals surface area contributed by atoms with Crippen molar-refractivity contribution in [3.8, 4) is 11.4 Å². The van der Waals surface area contributed by atoms with E-state index in [2.05, 4.69) is 39.1 Å². The lowest BCUT2D eigenvalue weighted by molar-refractivity contribution is 1.13. The number of H-pyrrole nitrogens is 1. The molecule has 1 aromatic carbocycles. The zero-order chi connectivity index (χ0) is 11.7. The summed E-state index contributed by atoms with van der Waals surface area (Å²) in [6.45, 7) is 4.06. The molecule has 0 saturated heterocycles. The molecule has 84 valence electrons. The first-order valence-electron chi connectivity index (χ1n) is 5.39. The highest BCUT2D eigenvalue weighted by atomic mass is 15.1. The van der Waals surface area contributed by atoms with Crippen molar-refractivity contribution in [1.82, 2.24) is 9.97 Å². The van der Waals surface area contributed by atoms with E-state index in [1.165, 1.54) is 5.69 Å². The highest BCUT2D eigenvalue weighted by Gasteiger charge is 2.05. The van der Waals surface area contributed by atoms with Gasteiger partial charge >= 0.3 is 0 Å². The highest BCUT2D eigenvalue weighted by Crippen LogP contribution is 2.20. The first kappa shape index (κ1) is 10.7. The highest BCUT2D eigenvalue weighted by molar-refractivity contribution is 5.60. The van der Waals surface area contributed by atoms with Crippen LogP contribution in [0.3, 0.4) is 0 Å². The fourth-order valence-corrected chi connectivity index (χ4v) is 1.60. The predicted octanol–water partition coefficient (Wildman–Crippen LogP) is 2.76. The molecule has 0 bridgehead atoms. The second kappa shape index (κ2) is 4.00. The number of benzene rings is 1. The van der Waals surface area contributed by atoms with Gasteiger partial charge in [0.15, 0.2) is 0 Å². The fourth-order valence-electron chi connectivity index (χ4n) is 1.60. The molecule has 1 N–H and O–H groups in total. The molecule has 0 spiro atoms. The normalized spacial score (nSPS) is 10.5. The fraction of sp³-hybridized carbons (Fsp3) is 0.308. The third-order valence-electron chi connectivity index (χ3n) is 2.79. The molecule has 0 saturated carbocycles. The largest absolute Gasteiger partial charge is 0.378 e. The van der Waals surface area contributed by atoms with Crippen LogP contribution in [0.5, 0.6) is 0 Å². The number of nitrogens with zero attached hydrogens (tertiary/aromatic N) is 2. The molecule has 3 nitrogen and oxygen atoms in total. The first-order chi connectivity index (χ1) is 7.58. The summed E-state index contributed by atoms with van der Waals surface area (Å²) >= 11 is 0. The second-order valence-corrected chi connectivity index (χ2v) is 4.24. The van der Waals surface area contributed by atoms with Crippen LogP contribution in [-0.2, 0) is 0 Å². The summed E-state index contributed by atoms with van der Waals surface area (Å²) in [5.74, 6) is 0.945. The number of nitrogens with one attached hydrogen (secondary N) is 1. The molecule has 0 fully saturated rings. The van der Waals surface area contributed by atoms with Crippen molar-refractivity contribution in [3.05, 3.63) is 35.7 Å². The van der Waals surface area contributed by atoms with Crippen molar-refractivity contribution in [1.29, 1.82) is 0 Å². The maximum atomic E-state index is 4.49. The minimum absolute atomic E-state index is 0.945. The SMILES string of the molecule is Cc1nc(-c2ccc(N(C)C)cc2)[nH]c1C. The van der Waals surface area contributed by atoms with Gasteiger partial charge in [-0.15, -0.1) is 0 Å². The molecule has 0 radical (unpaired) electrons. The van der Waals surface area contributed by atoms with Gasteiger partial charge in [-0.05, 0) is 38.1 Å². The smallest absolute Gasteiger partial charge is 0.137 e. The quantitative estimate of drug-likeness (QED) is 0.835. The molecule has 0 atom stereocenters. The molecule has 2 rings (SSSR count). The molecule has 16 heavy (non-hydrogen) atoms. The van der Waals surface area contributed by atoms with E-state index < -0.39 is 0 Å². The molecule has 1 aromatic heterocycles. The van der Waals surface area contributed by atoms with E-state index in [9.17, 15) is 0 Å². The van der Waals surface area contributed by atoms with Crippen LogP contribution in [-0.4, -0.2) is 24.1 Å². The van der Waals surface area contributed by atoms with Gasteiger partial charge in [0, 0.05) is 31.0 Å². The third-order valence-corrected chi connectivity index (χ3v) is 2.79. The number of hydrogen-bond acceptors (Lipinski definition) is 2. The van der Waals surface area contributed by atoms with Gasteiger partial charge in [0.25, 0.3) is 0 Å². The lowest BCUT2D eigenvalue weighted by atomic mass is 10.2. The van der Waals surface area contributed by atoms with E-state index in [4.69, 9.17) is 0 Å². The van der Waals surface area contributed by atoms with Gasteiger partial charge < -0.3 is 9.88 Å². The zero-order valence-electron chi connectivity index (χ0n) is 10.2. The number of hydrogen-bond donors (Lipinski definition) is 1. The molecular formula is C13H17N3. The molecular weight excluding hydrogens is 198 g/mol. The Morgan fingerprint density at radius 1 is 1.06 bits per heavy atom. The van der Waals surface area contributed by atoms with Crippen molar-refractivity contribution >= 4 is 5.69 Å². The van der Waals surface area contributed by atoms with E-state index in [-0.39, 0.29) is 0 Å². The second-order valence-electron chi connectivity index (χ2n) is 4.24. The van der Waals surface area contributed by atoms with Crippen molar-refractivity contribution in [2.45, 2.75) is 13.8 Å². The van der Waals surface area contributed by atoms with E-state index >= 15 is 0 Å². The van der Waals surface area contributed by atoms with Crippen LogP contribution in [0.15, 0.2) is 24.3 Å².